The normalized spacial score (nSPS) is 39.0. The van der Waals surface area contributed by atoms with Gasteiger partial charge in [-0.15, -0.1) is 0 Å². The van der Waals surface area contributed by atoms with E-state index in [2.05, 4.69) is 6.08 Å². The largest absolute Gasteiger partial charge is 0.368 e. The quantitative estimate of drug-likeness (QED) is 0.298. The maximum absolute atomic E-state index is 13.3. The molecule has 6 fully saturated rings. The van der Waals surface area contributed by atoms with E-state index in [0.29, 0.717) is 34.4 Å². The van der Waals surface area contributed by atoms with Crippen LogP contribution in [-0.4, -0.2) is 71.1 Å². The molecule has 8 aliphatic heterocycles. The molecule has 6 saturated heterocycles. The summed E-state index contributed by atoms with van der Waals surface area (Å²) >= 11 is 3.42. The molecule has 246 valence electrons. The van der Waals surface area contributed by atoms with Gasteiger partial charge in [0, 0.05) is 23.0 Å². The van der Waals surface area contributed by atoms with Crippen LogP contribution in [0.3, 0.4) is 0 Å². The maximum atomic E-state index is 13.3. The zero-order chi connectivity index (χ0) is 33.2. The van der Waals surface area contributed by atoms with Gasteiger partial charge in [0.2, 0.25) is 23.6 Å². The highest BCUT2D eigenvalue weighted by Gasteiger charge is 2.83. The van der Waals surface area contributed by atoms with Gasteiger partial charge in [-0.25, -0.2) is 9.80 Å². The molecule has 8 nitrogen and oxygen atoms in total. The number of hydrogen-bond donors (Lipinski definition) is 0. The number of benzene rings is 2. The molecule has 0 spiro atoms. The monoisotopic (exact) mass is 672 g/mol. The number of hydrogen-bond acceptors (Lipinski definition) is 8. The molecule has 0 N–H and O–H groups in total. The molecule has 8 atom stereocenters. The predicted molar refractivity (Wildman–Crippen MR) is 185 cm³/mol. The Morgan fingerprint density at radius 3 is 1.40 bits per heavy atom. The highest BCUT2D eigenvalue weighted by molar-refractivity contribution is 8.00. The molecule has 8 heterocycles. The summed E-state index contributed by atoms with van der Waals surface area (Å²) in [6, 6.07) is 18.5. The van der Waals surface area contributed by atoms with Gasteiger partial charge in [0.15, 0.2) is 0 Å². The maximum Gasteiger partial charge on any atom is 0.245 e. The molecule has 2 aromatic carbocycles. The van der Waals surface area contributed by atoms with Crippen LogP contribution in [-0.2, 0) is 28.7 Å². The molecule has 10 rings (SSSR count). The van der Waals surface area contributed by atoms with Crippen LogP contribution in [0.2, 0.25) is 0 Å². The number of fused-ring (bicyclic) bond motifs is 4. The number of anilines is 2. The lowest BCUT2D eigenvalue weighted by Gasteiger charge is -2.32. The van der Waals surface area contributed by atoms with E-state index in [0.717, 1.165) is 6.42 Å². The first kappa shape index (κ1) is 32.4. The number of para-hydroxylation sites is 2. The van der Waals surface area contributed by atoms with Crippen molar-refractivity contribution in [3.05, 3.63) is 85.0 Å². The van der Waals surface area contributed by atoms with Crippen molar-refractivity contribution in [1.82, 2.24) is 0 Å². The molecule has 4 bridgehead atoms. The molecule has 10 heteroatoms. The van der Waals surface area contributed by atoms with Gasteiger partial charge >= 0.3 is 0 Å². The van der Waals surface area contributed by atoms with Crippen molar-refractivity contribution in [2.75, 3.05) is 32.8 Å². The Hall–Kier alpha value is -3.18. The number of nitrogens with zero attached hydrogens (tertiary/aromatic N) is 2. The minimum absolute atomic E-state index is 0.0649. The second-order valence-electron chi connectivity index (χ2n) is 12.5. The summed E-state index contributed by atoms with van der Waals surface area (Å²) in [5.74, 6) is 2.40. The van der Waals surface area contributed by atoms with Crippen molar-refractivity contribution in [2.24, 2.45) is 21.7 Å². The second-order valence-corrected chi connectivity index (χ2v) is 14.5. The number of carbonyl (C=O) groups is 4. The van der Waals surface area contributed by atoms with E-state index in [1.54, 1.807) is 23.5 Å². The van der Waals surface area contributed by atoms with Crippen LogP contribution in [0.5, 0.6) is 0 Å². The summed E-state index contributed by atoms with van der Waals surface area (Å²) in [6.07, 6.45) is 7.80. The summed E-state index contributed by atoms with van der Waals surface area (Å²) in [5, 5.41) is 0. The number of carbonyl (C=O) groups excluding carboxylic acids is 4. The SMILES string of the molecule is CC.CC.O=C1N(c2ccccc2)C(=O)C23CSCC12C1C=CC3O1.O=C1N(c2ccccc2)C(=O)C23CSCC12C1C=CCC3O1. The molecule has 0 aliphatic carbocycles. The zero-order valence-corrected chi connectivity index (χ0v) is 28.7. The number of amides is 4. The molecule has 47 heavy (non-hydrogen) atoms. The Morgan fingerprint density at radius 1 is 0.553 bits per heavy atom. The first-order chi connectivity index (χ1) is 22.9. The molecule has 8 unspecified atom stereocenters. The van der Waals surface area contributed by atoms with E-state index < -0.39 is 21.7 Å². The third-order valence-electron chi connectivity index (χ3n) is 11.0. The lowest BCUT2D eigenvalue weighted by molar-refractivity contribution is -0.129. The van der Waals surface area contributed by atoms with Gasteiger partial charge in [-0.2, -0.15) is 23.5 Å². The highest BCUT2D eigenvalue weighted by Crippen LogP contribution is 2.69. The fourth-order valence-corrected chi connectivity index (χ4v) is 12.7. The number of imide groups is 2. The molecular formula is C37H40N2O6S2. The van der Waals surface area contributed by atoms with Gasteiger partial charge in [-0.1, -0.05) is 88.4 Å². The van der Waals surface area contributed by atoms with Gasteiger partial charge in [0.05, 0.1) is 35.8 Å². The zero-order valence-electron chi connectivity index (χ0n) is 27.1. The second kappa shape index (κ2) is 11.8. The van der Waals surface area contributed by atoms with Crippen molar-refractivity contribution in [1.29, 1.82) is 0 Å². The van der Waals surface area contributed by atoms with Gasteiger partial charge in [0.1, 0.15) is 21.7 Å². The Kier molecular flexibility index (Phi) is 8.10. The summed E-state index contributed by atoms with van der Waals surface area (Å²) in [6.45, 7) is 8.00. The molecule has 2 aromatic rings. The van der Waals surface area contributed by atoms with Crippen molar-refractivity contribution in [2.45, 2.75) is 58.5 Å². The van der Waals surface area contributed by atoms with Crippen LogP contribution in [0.1, 0.15) is 34.1 Å². The average molecular weight is 673 g/mol. The highest BCUT2D eigenvalue weighted by atomic mass is 32.2. The van der Waals surface area contributed by atoms with E-state index in [1.165, 1.54) is 9.80 Å². The Labute approximate surface area is 284 Å². The van der Waals surface area contributed by atoms with E-state index in [9.17, 15) is 19.2 Å². The van der Waals surface area contributed by atoms with E-state index >= 15 is 0 Å². The smallest absolute Gasteiger partial charge is 0.245 e. The van der Waals surface area contributed by atoms with E-state index in [-0.39, 0.29) is 48.0 Å². The van der Waals surface area contributed by atoms with Crippen LogP contribution in [0.25, 0.3) is 0 Å². The average Bonchev–Trinajstić information content (AvgIpc) is 3.97. The van der Waals surface area contributed by atoms with Crippen molar-refractivity contribution in [3.8, 4) is 0 Å². The van der Waals surface area contributed by atoms with E-state index in [4.69, 9.17) is 9.47 Å². The standard InChI is InChI=1S/C17H15NO3S.C16H13NO3S.2C2H6/c19-14-16-9-22-10-17(16,13-8-4-7-12(16)21-13)15(20)18(14)11-5-2-1-3-6-11;18-13-15-8-21-9-16(15,12-7-6-11(15)20-12)14(19)17(13)10-4-2-1-3-5-10;2*1-2/h1-7,12-13H,8-10H2;1-7,11-12H,8-9H2;2*1-2H3. The first-order valence-corrected chi connectivity index (χ1v) is 18.9. The minimum atomic E-state index is -0.706. The van der Waals surface area contributed by atoms with Crippen LogP contribution >= 0.6 is 23.5 Å². The number of thioether (sulfide) groups is 2. The molecule has 0 aromatic heterocycles. The molecule has 8 aliphatic rings. The van der Waals surface area contributed by atoms with Crippen LogP contribution in [0, 0.1) is 21.7 Å². The van der Waals surface area contributed by atoms with E-state index in [1.807, 2.05) is 107 Å². The molecule has 0 saturated carbocycles. The topological polar surface area (TPSA) is 93.2 Å². The third kappa shape index (κ3) is 3.76. The van der Waals surface area contributed by atoms with Crippen LogP contribution in [0.4, 0.5) is 11.4 Å². The van der Waals surface area contributed by atoms with Crippen LogP contribution in [0.15, 0.2) is 85.0 Å². The third-order valence-corrected chi connectivity index (χ3v) is 13.6. The van der Waals surface area contributed by atoms with Gasteiger partial charge in [-0.05, 0) is 30.7 Å². The lowest BCUT2D eigenvalue weighted by Crippen LogP contribution is -2.50. The molecule has 0 radical (unpaired) electrons. The fourth-order valence-electron chi connectivity index (χ4n) is 8.98. The summed E-state index contributed by atoms with van der Waals surface area (Å²) < 4.78 is 12.0. The minimum Gasteiger partial charge on any atom is -0.368 e. The van der Waals surface area contributed by atoms with Crippen molar-refractivity contribution >= 4 is 58.5 Å². The number of rotatable bonds is 2. The summed E-state index contributed by atoms with van der Waals surface area (Å²) in [5.41, 5.74) is -1.42. The Balaban J connectivity index is 0.000000136. The lowest BCUT2D eigenvalue weighted by atomic mass is 9.61. The van der Waals surface area contributed by atoms with Crippen LogP contribution < -0.4 is 9.80 Å². The van der Waals surface area contributed by atoms with Crippen molar-refractivity contribution < 1.29 is 28.7 Å². The fraction of sp³-hybridized carbons (Fsp3) is 0.459. The number of ether oxygens (including phenoxy) is 2. The van der Waals surface area contributed by atoms with Crippen molar-refractivity contribution in [3.63, 3.8) is 0 Å². The first-order valence-electron chi connectivity index (χ1n) is 16.6. The molecule has 4 amide bonds. The predicted octanol–water partition coefficient (Wildman–Crippen LogP) is 5.68. The summed E-state index contributed by atoms with van der Waals surface area (Å²) in [7, 11) is 0. The molecular weight excluding hydrogens is 633 g/mol. The Morgan fingerprint density at radius 2 is 0.936 bits per heavy atom. The Bertz CT molecular complexity index is 1630. The van der Waals surface area contributed by atoms with Gasteiger partial charge in [-0.3, -0.25) is 19.2 Å². The van der Waals surface area contributed by atoms with Gasteiger partial charge in [0.25, 0.3) is 0 Å². The summed E-state index contributed by atoms with van der Waals surface area (Å²) in [4.78, 5) is 55.8. The van der Waals surface area contributed by atoms with Gasteiger partial charge < -0.3 is 9.47 Å².